The summed E-state index contributed by atoms with van der Waals surface area (Å²) in [4.78, 5) is 5.55. The lowest BCUT2D eigenvalue weighted by Gasteiger charge is -2.48. The van der Waals surface area contributed by atoms with Crippen LogP contribution in [0.1, 0.15) is 19.3 Å². The molecule has 2 aliphatic heterocycles. The van der Waals surface area contributed by atoms with Crippen LogP contribution >= 0.6 is 11.8 Å². The lowest BCUT2D eigenvalue weighted by molar-refractivity contribution is 0.114. The van der Waals surface area contributed by atoms with Crippen molar-refractivity contribution < 1.29 is 0 Å². The Morgan fingerprint density at radius 3 is 2.38 bits per heavy atom. The Labute approximate surface area is 85.7 Å². The van der Waals surface area contributed by atoms with Gasteiger partial charge in [0.25, 0.3) is 0 Å². The highest BCUT2D eigenvalue weighted by Crippen LogP contribution is 2.41. The summed E-state index contributed by atoms with van der Waals surface area (Å²) in [5, 5.41) is 0. The van der Waals surface area contributed by atoms with Gasteiger partial charge in [-0.05, 0) is 45.7 Å². The van der Waals surface area contributed by atoms with Crippen LogP contribution in [-0.2, 0) is 0 Å². The number of hydrogen-bond donors (Lipinski definition) is 0. The average molecular weight is 200 g/mol. The Morgan fingerprint density at radius 1 is 1.08 bits per heavy atom. The van der Waals surface area contributed by atoms with Gasteiger partial charge < -0.3 is 4.90 Å². The molecule has 0 radical (unpaired) electrons. The van der Waals surface area contributed by atoms with Crippen LogP contribution in [0.5, 0.6) is 0 Å². The van der Waals surface area contributed by atoms with Crippen LogP contribution in [0, 0.1) is 0 Å². The Kier molecular flexibility index (Phi) is 2.86. The van der Waals surface area contributed by atoms with Crippen molar-refractivity contribution in [2.24, 2.45) is 0 Å². The fraction of sp³-hybridized carbons (Fsp3) is 1.00. The molecule has 13 heavy (non-hydrogen) atoms. The van der Waals surface area contributed by atoms with E-state index in [1.165, 1.54) is 44.6 Å². The molecule has 76 valence electrons. The molecule has 0 amide bonds. The Hall–Kier alpha value is 0.270. The first kappa shape index (κ1) is 9.81. The molecule has 2 rings (SSSR count). The fourth-order valence-corrected chi connectivity index (χ4v) is 3.81. The van der Waals surface area contributed by atoms with E-state index in [4.69, 9.17) is 0 Å². The van der Waals surface area contributed by atoms with E-state index in [1.807, 2.05) is 0 Å². The number of nitrogens with zero attached hydrogens (tertiary/aromatic N) is 2. The number of piperidine rings is 1. The molecular weight excluding hydrogens is 180 g/mol. The van der Waals surface area contributed by atoms with Crippen LogP contribution < -0.4 is 0 Å². The largest absolute Gasteiger partial charge is 0.306 e. The third-order valence-corrected chi connectivity index (χ3v) is 5.22. The Balaban J connectivity index is 2.01. The predicted octanol–water partition coefficient (Wildman–Crippen LogP) is 1.48. The normalized spacial score (nSPS) is 30.9. The zero-order chi connectivity index (χ0) is 9.31. The lowest BCUT2D eigenvalue weighted by Crippen LogP contribution is -2.53. The summed E-state index contributed by atoms with van der Waals surface area (Å²) in [6, 6.07) is 0. The molecule has 2 fully saturated rings. The van der Waals surface area contributed by atoms with Gasteiger partial charge in [0.1, 0.15) is 0 Å². The topological polar surface area (TPSA) is 6.48 Å². The maximum absolute atomic E-state index is 2.59. The van der Waals surface area contributed by atoms with Gasteiger partial charge in [-0.1, -0.05) is 0 Å². The zero-order valence-electron chi connectivity index (χ0n) is 8.75. The van der Waals surface area contributed by atoms with Gasteiger partial charge in [-0.15, -0.1) is 11.8 Å². The first-order valence-corrected chi connectivity index (χ1v) is 6.25. The molecule has 1 spiro atoms. The van der Waals surface area contributed by atoms with Crippen LogP contribution in [0.25, 0.3) is 0 Å². The summed E-state index contributed by atoms with van der Waals surface area (Å²) >= 11 is 2.20. The number of hydrogen-bond acceptors (Lipinski definition) is 3. The van der Waals surface area contributed by atoms with Gasteiger partial charge >= 0.3 is 0 Å². The lowest BCUT2D eigenvalue weighted by atomic mass is 10.0. The molecule has 0 atom stereocenters. The van der Waals surface area contributed by atoms with Gasteiger partial charge in [0.05, 0.1) is 4.87 Å². The molecule has 0 aromatic rings. The van der Waals surface area contributed by atoms with Crippen molar-refractivity contribution in [2.75, 3.05) is 39.5 Å². The van der Waals surface area contributed by atoms with Gasteiger partial charge in [-0.3, -0.25) is 4.90 Å². The molecule has 2 nitrogen and oxygen atoms in total. The standard InChI is InChI=1S/C10H20N2S/c1-11-7-4-10(5-8-11)12(2)6-3-9-13-10/h3-9H2,1-2H3. The maximum atomic E-state index is 2.59. The first-order chi connectivity index (χ1) is 6.23. The molecular formula is C10H20N2S. The van der Waals surface area contributed by atoms with E-state index in [9.17, 15) is 0 Å². The fourth-order valence-electron chi connectivity index (χ4n) is 2.37. The summed E-state index contributed by atoms with van der Waals surface area (Å²) < 4.78 is 0. The van der Waals surface area contributed by atoms with Crippen molar-refractivity contribution in [3.05, 3.63) is 0 Å². The van der Waals surface area contributed by atoms with E-state index < -0.39 is 0 Å². The van der Waals surface area contributed by atoms with Crippen LogP contribution in [0.2, 0.25) is 0 Å². The Morgan fingerprint density at radius 2 is 1.77 bits per heavy atom. The summed E-state index contributed by atoms with van der Waals surface area (Å²) in [5.41, 5.74) is 0. The van der Waals surface area contributed by atoms with Gasteiger partial charge in [0.2, 0.25) is 0 Å². The SMILES string of the molecule is CN1CCC2(CC1)SCCCN2C. The van der Waals surface area contributed by atoms with Gasteiger partial charge in [0.15, 0.2) is 0 Å². The van der Waals surface area contributed by atoms with Crippen LogP contribution in [0.3, 0.4) is 0 Å². The van der Waals surface area contributed by atoms with E-state index in [1.54, 1.807) is 0 Å². The third kappa shape index (κ3) is 1.88. The van der Waals surface area contributed by atoms with Gasteiger partial charge in [0, 0.05) is 13.1 Å². The van der Waals surface area contributed by atoms with Crippen molar-refractivity contribution in [2.45, 2.75) is 24.1 Å². The highest BCUT2D eigenvalue weighted by molar-refractivity contribution is 8.00. The quantitative estimate of drug-likeness (QED) is 0.585. The van der Waals surface area contributed by atoms with Crippen molar-refractivity contribution >= 4 is 11.8 Å². The van der Waals surface area contributed by atoms with Crippen LogP contribution in [0.4, 0.5) is 0 Å². The summed E-state index contributed by atoms with van der Waals surface area (Å²) in [5.74, 6) is 1.37. The molecule has 0 aromatic heterocycles. The number of thioether (sulfide) groups is 1. The highest BCUT2D eigenvalue weighted by atomic mass is 32.2. The zero-order valence-corrected chi connectivity index (χ0v) is 9.57. The predicted molar refractivity (Wildman–Crippen MR) is 59.2 cm³/mol. The maximum Gasteiger partial charge on any atom is 0.0692 e. The molecule has 2 heterocycles. The summed E-state index contributed by atoms with van der Waals surface area (Å²) in [6.45, 7) is 3.85. The molecule has 0 N–H and O–H groups in total. The monoisotopic (exact) mass is 200 g/mol. The van der Waals surface area contributed by atoms with E-state index in [0.717, 1.165) is 0 Å². The van der Waals surface area contributed by atoms with Crippen molar-refractivity contribution in [3.8, 4) is 0 Å². The van der Waals surface area contributed by atoms with Crippen molar-refractivity contribution in [1.82, 2.24) is 9.80 Å². The average Bonchev–Trinajstić information content (AvgIpc) is 2.15. The molecule has 0 aromatic carbocycles. The molecule has 2 aliphatic rings. The second kappa shape index (κ2) is 3.79. The molecule has 0 aliphatic carbocycles. The molecule has 0 bridgehead atoms. The van der Waals surface area contributed by atoms with E-state index in [-0.39, 0.29) is 0 Å². The Bertz CT molecular complexity index is 176. The van der Waals surface area contributed by atoms with Crippen LogP contribution in [-0.4, -0.2) is 54.2 Å². The van der Waals surface area contributed by atoms with E-state index in [0.29, 0.717) is 4.87 Å². The van der Waals surface area contributed by atoms with E-state index in [2.05, 4.69) is 35.7 Å². The van der Waals surface area contributed by atoms with E-state index >= 15 is 0 Å². The van der Waals surface area contributed by atoms with Gasteiger partial charge in [-0.25, -0.2) is 0 Å². The number of rotatable bonds is 0. The van der Waals surface area contributed by atoms with Crippen LogP contribution in [0.15, 0.2) is 0 Å². The third-order valence-electron chi connectivity index (χ3n) is 3.47. The molecule has 2 saturated heterocycles. The molecule has 0 unspecified atom stereocenters. The van der Waals surface area contributed by atoms with Crippen molar-refractivity contribution in [3.63, 3.8) is 0 Å². The second-order valence-corrected chi connectivity index (χ2v) is 5.83. The minimum atomic E-state index is 0.505. The highest BCUT2D eigenvalue weighted by Gasteiger charge is 2.39. The molecule has 0 saturated carbocycles. The molecule has 3 heteroatoms. The van der Waals surface area contributed by atoms with Gasteiger partial charge in [-0.2, -0.15) is 0 Å². The summed E-state index contributed by atoms with van der Waals surface area (Å²) in [6.07, 6.45) is 4.08. The minimum absolute atomic E-state index is 0.505. The van der Waals surface area contributed by atoms with Crippen molar-refractivity contribution in [1.29, 1.82) is 0 Å². The smallest absolute Gasteiger partial charge is 0.0692 e. The first-order valence-electron chi connectivity index (χ1n) is 5.27. The second-order valence-electron chi connectivity index (χ2n) is 4.37. The number of likely N-dealkylation sites (tertiary alicyclic amines) is 1. The minimum Gasteiger partial charge on any atom is -0.306 e. The summed E-state index contributed by atoms with van der Waals surface area (Å²) in [7, 11) is 4.54.